The number of aromatic nitrogens is 1. The molecule has 1 aliphatic carbocycles. The van der Waals surface area contributed by atoms with E-state index < -0.39 is 11.7 Å². The van der Waals surface area contributed by atoms with Crippen LogP contribution in [-0.2, 0) is 11.0 Å². The standard InChI is InChI=1S/C25H25F3N2O2/c1-15(2)3-10-24(31)30-23-14-29-22-9-8-19(13-21(22)23)32-20-11-17(12-20)16-4-6-18(7-5-16)25(26,27)28/h4-9,13-14,17,20,29H,1,3,10-12H2,2H3,(H,30,31). The number of H-pyrrole nitrogens is 1. The first-order valence-corrected chi connectivity index (χ1v) is 10.6. The largest absolute Gasteiger partial charge is 0.490 e. The van der Waals surface area contributed by atoms with Crippen LogP contribution in [0.4, 0.5) is 18.9 Å². The lowest BCUT2D eigenvalue weighted by Crippen LogP contribution is -2.32. The molecule has 4 nitrogen and oxygen atoms in total. The van der Waals surface area contributed by atoms with Gasteiger partial charge in [0, 0.05) is 23.5 Å². The summed E-state index contributed by atoms with van der Waals surface area (Å²) in [5.74, 6) is 0.824. The van der Waals surface area contributed by atoms with Crippen molar-refractivity contribution in [3.63, 3.8) is 0 Å². The number of alkyl halides is 3. The molecule has 0 saturated heterocycles. The average Bonchev–Trinajstić information content (AvgIpc) is 3.10. The SMILES string of the molecule is C=C(C)CCC(=O)Nc1c[nH]c2ccc(OC3CC(c4ccc(C(F)(F)F)cc4)C3)cc12. The monoisotopic (exact) mass is 442 g/mol. The molecule has 2 N–H and O–H groups in total. The van der Waals surface area contributed by atoms with Crippen molar-refractivity contribution in [1.82, 2.24) is 4.98 Å². The third-order valence-corrected chi connectivity index (χ3v) is 5.81. The number of nitrogens with one attached hydrogen (secondary N) is 2. The zero-order valence-corrected chi connectivity index (χ0v) is 17.8. The van der Waals surface area contributed by atoms with Gasteiger partial charge in [-0.3, -0.25) is 4.79 Å². The molecule has 3 aromatic rings. The van der Waals surface area contributed by atoms with Crippen molar-refractivity contribution >= 4 is 22.5 Å². The third-order valence-electron chi connectivity index (χ3n) is 5.81. The van der Waals surface area contributed by atoms with E-state index in [1.807, 2.05) is 25.1 Å². The Morgan fingerprint density at radius 1 is 1.16 bits per heavy atom. The maximum atomic E-state index is 12.7. The molecule has 0 atom stereocenters. The number of ether oxygens (including phenoxy) is 1. The predicted octanol–water partition coefficient (Wildman–Crippen LogP) is 6.81. The van der Waals surface area contributed by atoms with Crippen molar-refractivity contribution in [2.24, 2.45) is 0 Å². The maximum absolute atomic E-state index is 12.7. The van der Waals surface area contributed by atoms with E-state index in [9.17, 15) is 18.0 Å². The van der Waals surface area contributed by atoms with E-state index >= 15 is 0 Å². The Morgan fingerprint density at radius 3 is 2.53 bits per heavy atom. The van der Waals surface area contributed by atoms with Crippen LogP contribution < -0.4 is 10.1 Å². The van der Waals surface area contributed by atoms with Gasteiger partial charge in [0.15, 0.2) is 0 Å². The van der Waals surface area contributed by atoms with Gasteiger partial charge in [-0.2, -0.15) is 13.2 Å². The lowest BCUT2D eigenvalue weighted by molar-refractivity contribution is -0.137. The van der Waals surface area contributed by atoms with E-state index in [1.165, 1.54) is 0 Å². The highest BCUT2D eigenvalue weighted by atomic mass is 19.4. The molecule has 1 saturated carbocycles. The maximum Gasteiger partial charge on any atom is 0.416 e. The van der Waals surface area contributed by atoms with Gasteiger partial charge in [0.2, 0.25) is 5.91 Å². The second-order valence-corrected chi connectivity index (χ2v) is 8.44. The number of rotatable bonds is 7. The smallest absolute Gasteiger partial charge is 0.416 e. The van der Waals surface area contributed by atoms with Crippen LogP contribution in [0, 0.1) is 0 Å². The van der Waals surface area contributed by atoms with Crippen LogP contribution in [-0.4, -0.2) is 17.0 Å². The van der Waals surface area contributed by atoms with Gasteiger partial charge in [0.05, 0.1) is 17.4 Å². The summed E-state index contributed by atoms with van der Waals surface area (Å²) in [6.07, 6.45) is -0.0223. The van der Waals surface area contributed by atoms with Gasteiger partial charge >= 0.3 is 6.18 Å². The Hall–Kier alpha value is -3.22. The number of hydrogen-bond donors (Lipinski definition) is 2. The van der Waals surface area contributed by atoms with Gasteiger partial charge in [-0.25, -0.2) is 0 Å². The summed E-state index contributed by atoms with van der Waals surface area (Å²) in [7, 11) is 0. The number of amides is 1. The first-order chi connectivity index (χ1) is 15.2. The summed E-state index contributed by atoms with van der Waals surface area (Å²) in [6, 6.07) is 11.0. The highest BCUT2D eigenvalue weighted by Crippen LogP contribution is 2.41. The molecule has 1 heterocycles. The molecule has 168 valence electrons. The number of hydrogen-bond acceptors (Lipinski definition) is 2. The number of carbonyl (C=O) groups excluding carboxylic acids is 1. The highest BCUT2D eigenvalue weighted by Gasteiger charge is 2.34. The topological polar surface area (TPSA) is 54.1 Å². The van der Waals surface area contributed by atoms with Gasteiger partial charge in [0.25, 0.3) is 0 Å². The molecular weight excluding hydrogens is 417 g/mol. The Labute approximate surface area is 184 Å². The lowest BCUT2D eigenvalue weighted by Gasteiger charge is -2.35. The molecule has 0 spiro atoms. The molecule has 7 heteroatoms. The minimum absolute atomic E-state index is 0.00675. The first kappa shape index (κ1) is 22.0. The zero-order chi connectivity index (χ0) is 22.9. The molecule has 32 heavy (non-hydrogen) atoms. The number of carbonyl (C=O) groups is 1. The highest BCUT2D eigenvalue weighted by molar-refractivity contribution is 6.02. The van der Waals surface area contributed by atoms with E-state index in [4.69, 9.17) is 4.74 Å². The average molecular weight is 442 g/mol. The molecule has 1 aliphatic rings. The minimum atomic E-state index is -4.32. The van der Waals surface area contributed by atoms with E-state index in [0.717, 1.165) is 47.0 Å². The number of aromatic amines is 1. The van der Waals surface area contributed by atoms with Crippen LogP contribution in [0.1, 0.15) is 49.7 Å². The fourth-order valence-corrected chi connectivity index (χ4v) is 3.89. The second-order valence-electron chi connectivity index (χ2n) is 8.44. The lowest BCUT2D eigenvalue weighted by atomic mass is 9.77. The number of fused-ring (bicyclic) bond motifs is 1. The Kier molecular flexibility index (Phi) is 6.00. The third kappa shape index (κ3) is 4.98. The molecule has 1 fully saturated rings. The molecule has 0 aliphatic heterocycles. The van der Waals surface area contributed by atoms with E-state index in [1.54, 1.807) is 18.3 Å². The molecule has 4 rings (SSSR count). The number of halogens is 3. The Bertz CT molecular complexity index is 1130. The predicted molar refractivity (Wildman–Crippen MR) is 119 cm³/mol. The summed E-state index contributed by atoms with van der Waals surface area (Å²) in [5.41, 5.74) is 2.83. The fourth-order valence-electron chi connectivity index (χ4n) is 3.89. The second kappa shape index (κ2) is 8.73. The van der Waals surface area contributed by atoms with E-state index in [2.05, 4.69) is 16.9 Å². The molecule has 0 unspecified atom stereocenters. The first-order valence-electron chi connectivity index (χ1n) is 10.6. The van der Waals surface area contributed by atoms with E-state index in [0.29, 0.717) is 24.3 Å². The molecule has 0 radical (unpaired) electrons. The van der Waals surface area contributed by atoms with Crippen molar-refractivity contribution in [2.45, 2.75) is 50.8 Å². The fraction of sp³-hybridized carbons (Fsp3) is 0.320. The molecule has 1 amide bonds. The van der Waals surface area contributed by atoms with Crippen LogP contribution in [0.25, 0.3) is 10.9 Å². The number of benzene rings is 2. The van der Waals surface area contributed by atoms with Crippen LogP contribution in [0.2, 0.25) is 0 Å². The normalized spacial score (nSPS) is 18.2. The van der Waals surface area contributed by atoms with Gasteiger partial charge in [-0.05, 0) is 68.0 Å². The van der Waals surface area contributed by atoms with Crippen molar-refractivity contribution < 1.29 is 22.7 Å². The van der Waals surface area contributed by atoms with Gasteiger partial charge in [0.1, 0.15) is 5.75 Å². The Morgan fingerprint density at radius 2 is 1.88 bits per heavy atom. The van der Waals surface area contributed by atoms with Crippen LogP contribution in [0.3, 0.4) is 0 Å². The van der Waals surface area contributed by atoms with Crippen molar-refractivity contribution in [3.8, 4) is 5.75 Å². The quantitative estimate of drug-likeness (QED) is 0.395. The van der Waals surface area contributed by atoms with Crippen LogP contribution >= 0.6 is 0 Å². The molecule has 2 aromatic carbocycles. The van der Waals surface area contributed by atoms with Crippen molar-refractivity contribution in [3.05, 3.63) is 71.9 Å². The molecule has 1 aromatic heterocycles. The summed E-state index contributed by atoms with van der Waals surface area (Å²) < 4.78 is 44.3. The van der Waals surface area contributed by atoms with Crippen LogP contribution in [0.5, 0.6) is 5.75 Å². The number of anilines is 1. The Balaban J connectivity index is 1.36. The van der Waals surface area contributed by atoms with Crippen molar-refractivity contribution in [2.75, 3.05) is 5.32 Å². The summed E-state index contributed by atoms with van der Waals surface area (Å²) in [4.78, 5) is 15.3. The summed E-state index contributed by atoms with van der Waals surface area (Å²) >= 11 is 0. The summed E-state index contributed by atoms with van der Waals surface area (Å²) in [5, 5.41) is 3.79. The van der Waals surface area contributed by atoms with Gasteiger partial charge < -0.3 is 15.0 Å². The van der Waals surface area contributed by atoms with E-state index in [-0.39, 0.29) is 17.9 Å². The molecule has 0 bridgehead atoms. The molecular formula is C25H25F3N2O2. The van der Waals surface area contributed by atoms with Gasteiger partial charge in [-0.1, -0.05) is 17.7 Å². The van der Waals surface area contributed by atoms with Crippen molar-refractivity contribution in [1.29, 1.82) is 0 Å². The number of allylic oxidation sites excluding steroid dienone is 1. The van der Waals surface area contributed by atoms with Gasteiger partial charge in [-0.15, -0.1) is 6.58 Å². The summed E-state index contributed by atoms with van der Waals surface area (Å²) in [6.45, 7) is 5.71. The zero-order valence-electron chi connectivity index (χ0n) is 17.8. The minimum Gasteiger partial charge on any atom is -0.490 e. The van der Waals surface area contributed by atoms with Crippen LogP contribution in [0.15, 0.2) is 60.8 Å².